The van der Waals surface area contributed by atoms with E-state index in [0.717, 1.165) is 66.8 Å². The van der Waals surface area contributed by atoms with E-state index in [4.69, 9.17) is 4.74 Å². The molecule has 3 aliphatic rings. The number of pyridine rings is 1. The lowest BCUT2D eigenvalue weighted by atomic mass is 9.94. The molecule has 0 bridgehead atoms. The second kappa shape index (κ2) is 9.55. The summed E-state index contributed by atoms with van der Waals surface area (Å²) < 4.78 is 7.66. The van der Waals surface area contributed by atoms with Crippen LogP contribution in [0.1, 0.15) is 47.3 Å². The highest BCUT2D eigenvalue weighted by Gasteiger charge is 2.30. The lowest BCUT2D eigenvalue weighted by Gasteiger charge is -2.39. The molecule has 0 aliphatic carbocycles. The number of piperidine rings is 1. The number of hydrogen-bond acceptors (Lipinski definition) is 7. The zero-order valence-electron chi connectivity index (χ0n) is 20.5. The van der Waals surface area contributed by atoms with Crippen LogP contribution in [0.5, 0.6) is 0 Å². The summed E-state index contributed by atoms with van der Waals surface area (Å²) in [6.45, 7) is 2.29. The summed E-state index contributed by atoms with van der Waals surface area (Å²) >= 11 is 0. The summed E-state index contributed by atoms with van der Waals surface area (Å²) in [5.74, 6) is 0.592. The number of amides is 1. The molecule has 5 heterocycles. The Morgan fingerprint density at radius 3 is 2.89 bits per heavy atom. The number of aromatic nitrogens is 3. The maximum absolute atomic E-state index is 12.8. The van der Waals surface area contributed by atoms with Crippen molar-refractivity contribution in [3.8, 4) is 11.1 Å². The van der Waals surface area contributed by atoms with E-state index in [9.17, 15) is 9.90 Å². The number of hydrogen-bond donors (Lipinski definition) is 3. The second-order valence-corrected chi connectivity index (χ2v) is 9.83. The standard InChI is InChI=1S/C27H32N6O3/c1-36-19-7-5-18(16-34)32(15-19)17-6-10-25(28-12-17)31-23-9-8-20(22-13-29-27(35)26(22)23)21-14-30-33-11-3-2-4-24(21)33/h6,8-10,12,14,18-19,34H,2-5,7,11,13,15-16H2,1H3,(H,28,31)(H,29,35). The van der Waals surface area contributed by atoms with Gasteiger partial charge in [0, 0.05) is 38.0 Å². The molecule has 6 rings (SSSR count). The van der Waals surface area contributed by atoms with Crippen LogP contribution in [-0.4, -0.2) is 58.2 Å². The van der Waals surface area contributed by atoms with Gasteiger partial charge in [0.1, 0.15) is 5.82 Å². The van der Waals surface area contributed by atoms with Gasteiger partial charge in [0.15, 0.2) is 0 Å². The normalized spacial score (nSPS) is 21.2. The van der Waals surface area contributed by atoms with Crippen LogP contribution in [0.3, 0.4) is 0 Å². The lowest BCUT2D eigenvalue weighted by molar-refractivity contribution is 0.0744. The maximum atomic E-state index is 12.8. The van der Waals surface area contributed by atoms with E-state index in [1.807, 2.05) is 30.6 Å². The van der Waals surface area contributed by atoms with Crippen molar-refractivity contribution in [1.29, 1.82) is 0 Å². The third-order valence-corrected chi connectivity index (χ3v) is 7.79. The fraction of sp³-hybridized carbons (Fsp3) is 0.444. The summed E-state index contributed by atoms with van der Waals surface area (Å²) in [6.07, 6.45) is 9.07. The second-order valence-electron chi connectivity index (χ2n) is 9.83. The van der Waals surface area contributed by atoms with Crippen LogP contribution < -0.4 is 15.5 Å². The van der Waals surface area contributed by atoms with Crippen molar-refractivity contribution in [1.82, 2.24) is 20.1 Å². The number of aliphatic hydroxyl groups excluding tert-OH is 1. The fourth-order valence-corrected chi connectivity index (χ4v) is 5.81. The van der Waals surface area contributed by atoms with E-state index >= 15 is 0 Å². The Labute approximate surface area is 210 Å². The molecular formula is C27H32N6O3. The van der Waals surface area contributed by atoms with Gasteiger partial charge in [-0.25, -0.2) is 4.98 Å². The first-order chi connectivity index (χ1) is 17.7. The van der Waals surface area contributed by atoms with Crippen molar-refractivity contribution in [3.63, 3.8) is 0 Å². The summed E-state index contributed by atoms with van der Waals surface area (Å²) in [4.78, 5) is 19.6. The minimum atomic E-state index is -0.0725. The number of aliphatic hydroxyl groups is 1. The quantitative estimate of drug-likeness (QED) is 0.489. The van der Waals surface area contributed by atoms with E-state index in [1.54, 1.807) is 7.11 Å². The third kappa shape index (κ3) is 4.02. The fourth-order valence-electron chi connectivity index (χ4n) is 5.81. The molecule has 3 N–H and O–H groups in total. The number of ether oxygens (including phenoxy) is 1. The highest BCUT2D eigenvalue weighted by atomic mass is 16.5. The SMILES string of the molecule is COC1CCC(CO)N(c2ccc(Nc3ccc(-c4cnn5c4CCCC5)c4c3C(=O)NC4)nc2)C1. The van der Waals surface area contributed by atoms with Crippen molar-refractivity contribution in [2.45, 2.75) is 57.3 Å². The molecule has 0 radical (unpaired) electrons. The van der Waals surface area contributed by atoms with E-state index < -0.39 is 0 Å². The average molecular weight is 489 g/mol. The molecule has 36 heavy (non-hydrogen) atoms. The molecule has 1 saturated heterocycles. The zero-order valence-corrected chi connectivity index (χ0v) is 20.5. The number of anilines is 3. The molecule has 1 fully saturated rings. The molecule has 9 heteroatoms. The predicted molar refractivity (Wildman–Crippen MR) is 138 cm³/mol. The molecule has 2 aromatic heterocycles. The minimum Gasteiger partial charge on any atom is -0.394 e. The average Bonchev–Trinajstić information content (AvgIpc) is 3.53. The van der Waals surface area contributed by atoms with Crippen LogP contribution in [0.15, 0.2) is 36.7 Å². The van der Waals surface area contributed by atoms with Crippen molar-refractivity contribution >= 4 is 23.1 Å². The van der Waals surface area contributed by atoms with Gasteiger partial charge in [-0.2, -0.15) is 5.10 Å². The van der Waals surface area contributed by atoms with Crippen LogP contribution in [0.2, 0.25) is 0 Å². The summed E-state index contributed by atoms with van der Waals surface area (Å²) in [7, 11) is 1.73. The Bertz CT molecular complexity index is 1270. The number of carbonyl (C=O) groups excluding carboxylic acids is 1. The molecule has 2 unspecified atom stereocenters. The smallest absolute Gasteiger partial charge is 0.254 e. The number of methoxy groups -OCH3 is 1. The van der Waals surface area contributed by atoms with Crippen LogP contribution in [0.25, 0.3) is 11.1 Å². The van der Waals surface area contributed by atoms with E-state index in [0.29, 0.717) is 17.9 Å². The molecule has 3 aliphatic heterocycles. The van der Waals surface area contributed by atoms with Crippen molar-refractivity contribution in [3.05, 3.63) is 53.5 Å². The number of fused-ring (bicyclic) bond motifs is 2. The third-order valence-electron chi connectivity index (χ3n) is 7.79. The Hall–Kier alpha value is -3.43. The van der Waals surface area contributed by atoms with E-state index in [1.165, 1.54) is 12.1 Å². The molecule has 1 amide bonds. The monoisotopic (exact) mass is 488 g/mol. The van der Waals surface area contributed by atoms with Gasteiger partial charge in [0.2, 0.25) is 0 Å². The van der Waals surface area contributed by atoms with Gasteiger partial charge in [-0.15, -0.1) is 0 Å². The number of benzene rings is 1. The van der Waals surface area contributed by atoms with Crippen molar-refractivity contribution in [2.75, 3.05) is 30.5 Å². The Kier molecular flexibility index (Phi) is 6.10. The Morgan fingerprint density at radius 2 is 2.08 bits per heavy atom. The zero-order chi connectivity index (χ0) is 24.6. The highest BCUT2D eigenvalue weighted by molar-refractivity contribution is 6.06. The first kappa shape index (κ1) is 23.0. The molecule has 2 atom stereocenters. The molecule has 188 valence electrons. The van der Waals surface area contributed by atoms with Gasteiger partial charge in [-0.05, 0) is 61.4 Å². The molecule has 9 nitrogen and oxygen atoms in total. The first-order valence-corrected chi connectivity index (χ1v) is 12.8. The number of nitrogens with zero attached hydrogens (tertiary/aromatic N) is 4. The topological polar surface area (TPSA) is 105 Å². The summed E-state index contributed by atoms with van der Waals surface area (Å²) in [5, 5.41) is 20.8. The van der Waals surface area contributed by atoms with E-state index in [-0.39, 0.29) is 24.7 Å². The van der Waals surface area contributed by atoms with Gasteiger partial charge in [-0.1, -0.05) is 6.07 Å². The van der Waals surface area contributed by atoms with Crippen molar-refractivity contribution < 1.29 is 14.6 Å². The predicted octanol–water partition coefficient (Wildman–Crippen LogP) is 3.24. The number of nitrogens with one attached hydrogen (secondary N) is 2. The van der Waals surface area contributed by atoms with Crippen LogP contribution in [0.4, 0.5) is 17.2 Å². The first-order valence-electron chi connectivity index (χ1n) is 12.8. The number of aryl methyl sites for hydroxylation is 1. The van der Waals surface area contributed by atoms with Crippen LogP contribution >= 0.6 is 0 Å². The maximum Gasteiger partial charge on any atom is 0.254 e. The summed E-state index contributed by atoms with van der Waals surface area (Å²) in [5.41, 5.74) is 6.84. The molecule has 1 aromatic carbocycles. The van der Waals surface area contributed by atoms with Gasteiger partial charge >= 0.3 is 0 Å². The molecule has 3 aromatic rings. The minimum absolute atomic E-state index is 0.0612. The van der Waals surface area contributed by atoms with Crippen LogP contribution in [-0.2, 0) is 24.2 Å². The van der Waals surface area contributed by atoms with E-state index in [2.05, 4.69) is 36.4 Å². The van der Waals surface area contributed by atoms with Gasteiger partial charge in [0.05, 0.1) is 48.1 Å². The van der Waals surface area contributed by atoms with Crippen LogP contribution in [0, 0.1) is 0 Å². The number of rotatable bonds is 6. The van der Waals surface area contributed by atoms with Crippen molar-refractivity contribution in [2.24, 2.45) is 0 Å². The molecule has 0 saturated carbocycles. The largest absolute Gasteiger partial charge is 0.394 e. The Balaban J connectivity index is 1.27. The Morgan fingerprint density at radius 1 is 1.17 bits per heavy atom. The van der Waals surface area contributed by atoms with Gasteiger partial charge in [-0.3, -0.25) is 9.48 Å². The molecular weight excluding hydrogens is 456 g/mol. The number of carbonyl (C=O) groups is 1. The summed E-state index contributed by atoms with van der Waals surface area (Å²) in [6, 6.07) is 8.04. The van der Waals surface area contributed by atoms with Gasteiger partial charge < -0.3 is 25.4 Å². The lowest BCUT2D eigenvalue weighted by Crippen LogP contribution is -2.48. The highest BCUT2D eigenvalue weighted by Crippen LogP contribution is 2.37. The molecule has 0 spiro atoms. The van der Waals surface area contributed by atoms with Gasteiger partial charge in [0.25, 0.3) is 5.91 Å².